The Labute approximate surface area is 244 Å². The van der Waals surface area contributed by atoms with E-state index < -0.39 is 132 Å². The second-order valence-electron chi connectivity index (χ2n) is 9.65. The Kier molecular flexibility index (Phi) is 7.30. The second kappa shape index (κ2) is 9.58. The topological polar surface area (TPSA) is 74.8 Å². The quantitative estimate of drug-likeness (QED) is 0.229. The summed E-state index contributed by atoms with van der Waals surface area (Å²) in [6.07, 6.45) is -6.85. The van der Waals surface area contributed by atoms with Crippen molar-refractivity contribution in [2.24, 2.45) is 0 Å². The first-order valence-electron chi connectivity index (χ1n) is 11.3. The van der Waals surface area contributed by atoms with Crippen molar-refractivity contribution >= 4 is 57.6 Å². The Hall–Kier alpha value is -3.35. The number of carbonyl (C=O) groups is 4. The Balaban J connectivity index is 1.89. The zero-order chi connectivity index (χ0) is 33.9. The average Bonchev–Trinajstić information content (AvgIpc) is 2.85. The Bertz CT molecular complexity index is 1550. The molecule has 2 aromatic carbocycles. The van der Waals surface area contributed by atoms with E-state index in [1.165, 1.54) is 0 Å². The van der Waals surface area contributed by atoms with Gasteiger partial charge in [0, 0.05) is 17.7 Å². The van der Waals surface area contributed by atoms with E-state index in [2.05, 4.69) is 0 Å². The largest absolute Gasteiger partial charge is 0.459 e. The van der Waals surface area contributed by atoms with Gasteiger partial charge in [0.1, 0.15) is 0 Å². The first-order chi connectivity index (χ1) is 19.6. The highest BCUT2D eigenvalue weighted by Gasteiger charge is 2.74. The van der Waals surface area contributed by atoms with Crippen LogP contribution < -0.4 is 0 Å². The van der Waals surface area contributed by atoms with E-state index in [9.17, 15) is 76.3 Å². The molecule has 2 heterocycles. The van der Waals surface area contributed by atoms with Crippen LogP contribution >= 0.6 is 23.2 Å². The number of nitrogens with zero attached hydrogens (tertiary/aromatic N) is 2. The van der Waals surface area contributed by atoms with Crippen LogP contribution in [0.3, 0.4) is 0 Å². The molecule has 2 aliphatic heterocycles. The minimum absolute atomic E-state index is 0.351. The molecule has 240 valence electrons. The standard InChI is InChI=1S/C23H9Cl2F13N2O4/c1-18(26,27)21(32,33)19(28,29)4-39-14(41)6-2-9(25)13-11-7(3-8(24)12(10(6)11)16(39)43)15(42)40(17(13)44)5-20(30,31)22(34,35)23(36,37)38/h2-3H,4-5H2,1H3. The van der Waals surface area contributed by atoms with Crippen LogP contribution in [-0.4, -0.2) is 82.3 Å². The maximum Gasteiger partial charge on any atom is 0.459 e. The van der Waals surface area contributed by atoms with Gasteiger partial charge in [-0.1, -0.05) is 23.2 Å². The number of alkyl halides is 13. The van der Waals surface area contributed by atoms with Gasteiger partial charge < -0.3 is 0 Å². The molecule has 0 bridgehead atoms. The molecule has 0 spiro atoms. The van der Waals surface area contributed by atoms with E-state index in [-0.39, 0.29) is 0 Å². The van der Waals surface area contributed by atoms with Gasteiger partial charge in [0.05, 0.1) is 45.4 Å². The number of hydrogen-bond donors (Lipinski definition) is 0. The van der Waals surface area contributed by atoms with E-state index in [4.69, 9.17) is 23.2 Å². The Morgan fingerprint density at radius 3 is 1.18 bits per heavy atom. The smallest absolute Gasteiger partial charge is 0.269 e. The highest BCUT2D eigenvalue weighted by Crippen LogP contribution is 2.50. The van der Waals surface area contributed by atoms with Gasteiger partial charge in [-0.15, -0.1) is 0 Å². The molecule has 0 radical (unpaired) electrons. The minimum Gasteiger partial charge on any atom is -0.269 e. The molecule has 0 saturated heterocycles. The minimum atomic E-state index is -6.85. The van der Waals surface area contributed by atoms with Gasteiger partial charge in [0.25, 0.3) is 23.6 Å². The van der Waals surface area contributed by atoms with Crippen LogP contribution in [-0.2, 0) is 0 Å². The molecule has 44 heavy (non-hydrogen) atoms. The lowest BCUT2D eigenvalue weighted by Crippen LogP contribution is -2.59. The molecule has 0 aliphatic carbocycles. The molecule has 2 aliphatic rings. The lowest BCUT2D eigenvalue weighted by atomic mass is 9.85. The third-order valence-electron chi connectivity index (χ3n) is 6.72. The molecule has 0 N–H and O–H groups in total. The predicted octanol–water partition coefficient (Wildman–Crippen LogP) is 7.10. The summed E-state index contributed by atoms with van der Waals surface area (Å²) in [5.41, 5.74) is -4.25. The Morgan fingerprint density at radius 2 is 0.886 bits per heavy atom. The lowest BCUT2D eigenvalue weighted by Gasteiger charge is -2.37. The number of hydrogen-bond acceptors (Lipinski definition) is 4. The van der Waals surface area contributed by atoms with Crippen LogP contribution in [0.2, 0.25) is 10.0 Å². The fraction of sp³-hybridized carbons (Fsp3) is 0.391. The van der Waals surface area contributed by atoms with Crippen LogP contribution in [0.4, 0.5) is 57.1 Å². The molecular weight excluding hydrogens is 686 g/mol. The molecule has 4 amide bonds. The molecule has 21 heteroatoms. The number of benzene rings is 2. The van der Waals surface area contributed by atoms with Crippen LogP contribution in [0.5, 0.6) is 0 Å². The number of amides is 4. The van der Waals surface area contributed by atoms with Gasteiger partial charge in [0.2, 0.25) is 0 Å². The van der Waals surface area contributed by atoms with Crippen molar-refractivity contribution in [3.63, 3.8) is 0 Å². The Morgan fingerprint density at radius 1 is 0.568 bits per heavy atom. The zero-order valence-corrected chi connectivity index (χ0v) is 22.3. The van der Waals surface area contributed by atoms with Crippen molar-refractivity contribution in [1.29, 1.82) is 0 Å². The first-order valence-corrected chi connectivity index (χ1v) is 12.0. The van der Waals surface area contributed by atoms with E-state index in [0.29, 0.717) is 12.1 Å². The molecule has 6 nitrogen and oxygen atoms in total. The van der Waals surface area contributed by atoms with E-state index in [0.717, 1.165) is 0 Å². The monoisotopic (exact) mass is 694 g/mol. The maximum atomic E-state index is 14.4. The van der Waals surface area contributed by atoms with Crippen molar-refractivity contribution in [3.05, 3.63) is 44.4 Å². The zero-order valence-electron chi connectivity index (χ0n) is 20.8. The van der Waals surface area contributed by atoms with Crippen molar-refractivity contribution in [3.8, 4) is 0 Å². The van der Waals surface area contributed by atoms with Crippen molar-refractivity contribution in [2.45, 2.75) is 42.7 Å². The fourth-order valence-corrected chi connectivity index (χ4v) is 5.05. The third-order valence-corrected chi connectivity index (χ3v) is 7.31. The maximum absolute atomic E-state index is 14.4. The van der Waals surface area contributed by atoms with Crippen LogP contribution in [0.1, 0.15) is 48.4 Å². The normalized spacial score (nSPS) is 16.9. The lowest BCUT2D eigenvalue weighted by molar-refractivity contribution is -0.354. The number of imide groups is 2. The van der Waals surface area contributed by atoms with Crippen molar-refractivity contribution in [2.75, 3.05) is 13.1 Å². The summed E-state index contributed by atoms with van der Waals surface area (Å²) in [5.74, 6) is -38.0. The van der Waals surface area contributed by atoms with E-state index in [1.54, 1.807) is 0 Å². The first kappa shape index (κ1) is 33.5. The molecule has 0 atom stereocenters. The van der Waals surface area contributed by atoms with E-state index >= 15 is 0 Å². The van der Waals surface area contributed by atoms with E-state index in [1.807, 2.05) is 0 Å². The highest BCUT2D eigenvalue weighted by molar-refractivity contribution is 6.44. The van der Waals surface area contributed by atoms with Crippen LogP contribution in [0.25, 0.3) is 10.8 Å². The average molecular weight is 695 g/mol. The van der Waals surface area contributed by atoms with Gasteiger partial charge in [-0.05, 0) is 12.1 Å². The second-order valence-corrected chi connectivity index (χ2v) is 10.5. The number of halogens is 15. The highest BCUT2D eigenvalue weighted by atomic mass is 35.5. The summed E-state index contributed by atoms with van der Waals surface area (Å²) < 4.78 is 176. The van der Waals surface area contributed by atoms with Gasteiger partial charge >= 0.3 is 35.8 Å². The van der Waals surface area contributed by atoms with Crippen LogP contribution in [0.15, 0.2) is 12.1 Å². The molecule has 0 fully saturated rings. The number of rotatable bonds is 7. The van der Waals surface area contributed by atoms with Crippen molar-refractivity contribution in [1.82, 2.24) is 9.80 Å². The SMILES string of the molecule is CC(F)(F)C(F)(F)C(F)(F)CN1C(=O)c2cc(Cl)c3c4c(cc(Cl)c(c24)C1=O)C(=O)N(CC(F)(F)C(F)(F)C(F)(F)F)C3=O. The number of carbonyl (C=O) groups excluding carboxylic acids is 4. The van der Waals surface area contributed by atoms with Gasteiger partial charge in [0.15, 0.2) is 0 Å². The molecule has 2 aromatic rings. The fourth-order valence-electron chi connectivity index (χ4n) is 4.48. The molecule has 4 rings (SSSR count). The van der Waals surface area contributed by atoms with Gasteiger partial charge in [-0.3, -0.25) is 29.0 Å². The summed E-state index contributed by atoms with van der Waals surface area (Å²) in [5, 5.41) is -3.84. The summed E-state index contributed by atoms with van der Waals surface area (Å²) in [4.78, 5) is 50.8. The van der Waals surface area contributed by atoms with Crippen molar-refractivity contribution < 1.29 is 76.3 Å². The molecule has 0 unspecified atom stereocenters. The molecule has 0 saturated carbocycles. The third kappa shape index (κ3) is 4.47. The summed E-state index contributed by atoms with van der Waals surface area (Å²) >= 11 is 11.9. The van der Waals surface area contributed by atoms with Crippen LogP contribution in [0, 0.1) is 0 Å². The van der Waals surface area contributed by atoms with Gasteiger partial charge in [-0.2, -0.15) is 57.1 Å². The summed E-state index contributed by atoms with van der Waals surface area (Å²) in [6, 6.07) is 0.715. The molecular formula is C23H9Cl2F13N2O4. The summed E-state index contributed by atoms with van der Waals surface area (Å²) in [6.45, 7) is -6.09. The molecule has 0 aromatic heterocycles. The van der Waals surface area contributed by atoms with Gasteiger partial charge in [-0.25, -0.2) is 0 Å². The summed E-state index contributed by atoms with van der Waals surface area (Å²) in [7, 11) is 0. The predicted molar refractivity (Wildman–Crippen MR) is 121 cm³/mol.